The van der Waals surface area contributed by atoms with Gasteiger partial charge >= 0.3 is 5.97 Å². The molecule has 2 unspecified atom stereocenters. The Labute approximate surface area is 180 Å². The summed E-state index contributed by atoms with van der Waals surface area (Å²) in [6.07, 6.45) is 8.03. The van der Waals surface area contributed by atoms with Crippen LogP contribution in [0.4, 0.5) is 0 Å². The molecule has 0 saturated carbocycles. The maximum absolute atomic E-state index is 12.6. The monoisotopic (exact) mass is 483 g/mol. The van der Waals surface area contributed by atoms with Gasteiger partial charge in [0.15, 0.2) is 0 Å². The lowest BCUT2D eigenvalue weighted by Gasteiger charge is -2.18. The first-order valence-electron chi connectivity index (χ1n) is 9.84. The zero-order chi connectivity index (χ0) is 20.9. The van der Waals surface area contributed by atoms with Crippen LogP contribution in [0.3, 0.4) is 0 Å². The second kappa shape index (κ2) is 9.91. The van der Waals surface area contributed by atoms with E-state index in [4.69, 9.17) is 9.84 Å². The predicted octanol–water partition coefficient (Wildman–Crippen LogP) is 3.93. The van der Waals surface area contributed by atoms with Gasteiger partial charge in [0.05, 0.1) is 23.7 Å². The van der Waals surface area contributed by atoms with Crippen LogP contribution in [-0.2, 0) is 26.0 Å². The van der Waals surface area contributed by atoms with Crippen molar-refractivity contribution < 1.29 is 23.1 Å². The lowest BCUT2D eigenvalue weighted by Crippen LogP contribution is -2.32. The summed E-state index contributed by atoms with van der Waals surface area (Å²) in [5.74, 6) is -0.768. The highest BCUT2D eigenvalue weighted by molar-refractivity contribution is 9.10. The first-order valence-corrected chi connectivity index (χ1v) is 12.3. The first-order chi connectivity index (χ1) is 13.8. The Morgan fingerprint density at radius 3 is 2.66 bits per heavy atom. The lowest BCUT2D eigenvalue weighted by molar-refractivity contribution is -0.137. The Hall–Kier alpha value is -1.64. The standard InChI is InChI=1S/C21H26BrNO5S/c22-16-9-7-15(8-10-16)13-14-29(26,27)23-21-17(18-11-12-19(21)28-18)5-3-1-2-4-6-20(24)25/h1,3,7-10,18-19,23H,2,4-6,11-14H2,(H,24,25). The van der Waals surface area contributed by atoms with Crippen molar-refractivity contribution in [1.29, 1.82) is 0 Å². The molecule has 1 saturated heterocycles. The van der Waals surface area contributed by atoms with Crippen LogP contribution < -0.4 is 4.72 Å². The number of hydrogen-bond acceptors (Lipinski definition) is 4. The molecule has 0 aromatic heterocycles. The number of aliphatic carboxylic acids is 1. The average Bonchev–Trinajstić information content (AvgIpc) is 3.26. The number of ether oxygens (including phenoxy) is 1. The summed E-state index contributed by atoms with van der Waals surface area (Å²) in [5.41, 5.74) is 2.68. The Balaban J connectivity index is 1.59. The number of carboxylic acids is 1. The minimum Gasteiger partial charge on any atom is -0.481 e. The largest absolute Gasteiger partial charge is 0.481 e. The molecule has 29 heavy (non-hydrogen) atoms. The minimum absolute atomic E-state index is 0.0205. The van der Waals surface area contributed by atoms with Gasteiger partial charge in [-0.2, -0.15) is 0 Å². The number of benzene rings is 1. The van der Waals surface area contributed by atoms with Crippen molar-refractivity contribution >= 4 is 31.9 Å². The van der Waals surface area contributed by atoms with Crippen LogP contribution in [0.15, 0.2) is 52.2 Å². The van der Waals surface area contributed by atoms with E-state index >= 15 is 0 Å². The van der Waals surface area contributed by atoms with Gasteiger partial charge in [-0.05, 0) is 61.8 Å². The second-order valence-electron chi connectivity index (χ2n) is 7.39. The van der Waals surface area contributed by atoms with Crippen LogP contribution in [0.1, 0.15) is 44.1 Å². The van der Waals surface area contributed by atoms with Gasteiger partial charge in [0.25, 0.3) is 0 Å². The third kappa shape index (κ3) is 6.42. The summed E-state index contributed by atoms with van der Waals surface area (Å²) in [4.78, 5) is 10.5. The van der Waals surface area contributed by atoms with E-state index in [1.807, 2.05) is 36.4 Å². The lowest BCUT2D eigenvalue weighted by atomic mass is 9.94. The van der Waals surface area contributed by atoms with Crippen molar-refractivity contribution in [1.82, 2.24) is 4.72 Å². The zero-order valence-corrected chi connectivity index (χ0v) is 18.5. The molecule has 0 spiro atoms. The van der Waals surface area contributed by atoms with E-state index in [0.717, 1.165) is 28.5 Å². The van der Waals surface area contributed by atoms with Crippen molar-refractivity contribution in [3.63, 3.8) is 0 Å². The highest BCUT2D eigenvalue weighted by Crippen LogP contribution is 2.40. The van der Waals surface area contributed by atoms with E-state index in [-0.39, 0.29) is 24.4 Å². The number of rotatable bonds is 11. The van der Waals surface area contributed by atoms with Crippen molar-refractivity contribution in [2.45, 2.75) is 57.2 Å². The molecule has 3 rings (SSSR count). The van der Waals surface area contributed by atoms with Crippen molar-refractivity contribution in [3.05, 3.63) is 57.7 Å². The summed E-state index contributed by atoms with van der Waals surface area (Å²) in [7, 11) is -3.47. The number of carbonyl (C=O) groups is 1. The highest BCUT2D eigenvalue weighted by atomic mass is 79.9. The Kier molecular flexibility index (Phi) is 7.54. The first kappa shape index (κ1) is 22.1. The third-order valence-corrected chi connectivity index (χ3v) is 6.98. The number of halogens is 1. The van der Waals surface area contributed by atoms with Crippen LogP contribution in [0, 0.1) is 0 Å². The van der Waals surface area contributed by atoms with E-state index in [1.165, 1.54) is 0 Å². The summed E-state index contributed by atoms with van der Waals surface area (Å²) < 4.78 is 35.0. The van der Waals surface area contributed by atoms with Gasteiger partial charge < -0.3 is 9.84 Å². The van der Waals surface area contributed by atoms with Gasteiger partial charge in [-0.25, -0.2) is 8.42 Å². The maximum atomic E-state index is 12.6. The summed E-state index contributed by atoms with van der Waals surface area (Å²) >= 11 is 3.38. The van der Waals surface area contributed by atoms with Crippen molar-refractivity contribution in [3.8, 4) is 0 Å². The number of nitrogens with one attached hydrogen (secondary N) is 1. The normalized spacial score (nSPS) is 21.3. The minimum atomic E-state index is -3.47. The van der Waals surface area contributed by atoms with Gasteiger partial charge in [0.1, 0.15) is 0 Å². The fraction of sp³-hybridized carbons (Fsp3) is 0.476. The fourth-order valence-electron chi connectivity index (χ4n) is 3.68. The zero-order valence-electron chi connectivity index (χ0n) is 16.1. The topological polar surface area (TPSA) is 92.7 Å². The molecule has 1 aromatic rings. The highest BCUT2D eigenvalue weighted by Gasteiger charge is 2.41. The number of aryl methyl sites for hydroxylation is 1. The van der Waals surface area contributed by atoms with Gasteiger partial charge in [-0.3, -0.25) is 9.52 Å². The molecule has 0 radical (unpaired) electrons. The van der Waals surface area contributed by atoms with E-state index in [2.05, 4.69) is 20.7 Å². The van der Waals surface area contributed by atoms with Gasteiger partial charge in [-0.1, -0.05) is 40.2 Å². The number of sulfonamides is 1. The molecule has 0 aliphatic carbocycles. The third-order valence-electron chi connectivity index (χ3n) is 5.18. The van der Waals surface area contributed by atoms with E-state index in [1.54, 1.807) is 0 Å². The van der Waals surface area contributed by atoms with Crippen LogP contribution in [0.5, 0.6) is 0 Å². The molecule has 2 aliphatic heterocycles. The van der Waals surface area contributed by atoms with Crippen LogP contribution in [0.2, 0.25) is 0 Å². The molecule has 2 aliphatic rings. The molecule has 6 nitrogen and oxygen atoms in total. The molecule has 2 N–H and O–H groups in total. The molecular weight excluding hydrogens is 458 g/mol. The molecule has 1 aromatic carbocycles. The molecule has 2 atom stereocenters. The van der Waals surface area contributed by atoms with E-state index in [9.17, 15) is 13.2 Å². The van der Waals surface area contributed by atoms with Crippen LogP contribution in [0.25, 0.3) is 0 Å². The molecule has 2 bridgehead atoms. The second-order valence-corrected chi connectivity index (χ2v) is 10.1. The summed E-state index contributed by atoms with van der Waals surface area (Å²) in [6, 6.07) is 7.64. The number of allylic oxidation sites excluding steroid dienone is 2. The Bertz CT molecular complexity index is 892. The quantitative estimate of drug-likeness (QED) is 0.367. The van der Waals surface area contributed by atoms with Gasteiger partial charge in [0.2, 0.25) is 10.0 Å². The van der Waals surface area contributed by atoms with Gasteiger partial charge in [0, 0.05) is 10.9 Å². The van der Waals surface area contributed by atoms with Crippen LogP contribution >= 0.6 is 15.9 Å². The number of fused-ring (bicyclic) bond motifs is 2. The fourth-order valence-corrected chi connectivity index (χ4v) is 5.15. The van der Waals surface area contributed by atoms with Crippen molar-refractivity contribution in [2.75, 3.05) is 5.75 Å². The molecule has 158 valence electrons. The molecule has 1 fully saturated rings. The Morgan fingerprint density at radius 2 is 1.93 bits per heavy atom. The Morgan fingerprint density at radius 1 is 1.21 bits per heavy atom. The molecular formula is C21H26BrNO5S. The van der Waals surface area contributed by atoms with Crippen molar-refractivity contribution in [2.24, 2.45) is 0 Å². The molecule has 2 heterocycles. The number of unbranched alkanes of at least 4 members (excludes halogenated alkanes) is 1. The van der Waals surface area contributed by atoms with E-state index in [0.29, 0.717) is 31.4 Å². The summed E-state index contributed by atoms with van der Waals surface area (Å²) in [6.45, 7) is 0. The van der Waals surface area contributed by atoms with Gasteiger partial charge in [-0.15, -0.1) is 0 Å². The number of hydrogen-bond donors (Lipinski definition) is 2. The number of carboxylic acid groups (broad SMARTS) is 1. The average molecular weight is 484 g/mol. The maximum Gasteiger partial charge on any atom is 0.303 e. The van der Waals surface area contributed by atoms with E-state index < -0.39 is 16.0 Å². The summed E-state index contributed by atoms with van der Waals surface area (Å²) in [5, 5.41) is 8.67. The molecule has 0 amide bonds. The van der Waals surface area contributed by atoms with Crippen LogP contribution in [-0.4, -0.2) is 37.5 Å². The smallest absolute Gasteiger partial charge is 0.303 e. The predicted molar refractivity (Wildman–Crippen MR) is 115 cm³/mol. The SMILES string of the molecule is O=C(O)CCCC=CCC1=C(NS(=O)(=O)CCc2ccc(Br)cc2)C2CCC1O2. The molecule has 8 heteroatoms.